The lowest BCUT2D eigenvalue weighted by atomic mass is 10.2. The minimum atomic E-state index is -0.112. The van der Waals surface area contributed by atoms with Gasteiger partial charge in [0.1, 0.15) is 17.4 Å². The van der Waals surface area contributed by atoms with Crippen LogP contribution in [0.4, 0.5) is 10.5 Å². The molecule has 1 atom stereocenters. The van der Waals surface area contributed by atoms with Gasteiger partial charge in [-0.3, -0.25) is 0 Å². The maximum Gasteiger partial charge on any atom is 0.322 e. The zero-order valence-electron chi connectivity index (χ0n) is 18.0. The third-order valence-corrected chi connectivity index (χ3v) is 5.84. The number of aryl methyl sites for hydroxylation is 2. The van der Waals surface area contributed by atoms with E-state index in [4.69, 9.17) is 4.74 Å². The first-order chi connectivity index (χ1) is 14.4. The van der Waals surface area contributed by atoms with Gasteiger partial charge in [-0.15, -0.1) is 11.3 Å². The molecule has 3 aromatic rings. The summed E-state index contributed by atoms with van der Waals surface area (Å²) in [5, 5.41) is 5.90. The lowest BCUT2D eigenvalue weighted by Crippen LogP contribution is -2.40. The maximum atomic E-state index is 12.9. The molecular weight excluding hydrogens is 394 g/mol. The van der Waals surface area contributed by atoms with Crippen molar-refractivity contribution in [2.75, 3.05) is 5.32 Å². The molecular formula is C24H29N3O2S. The fourth-order valence-corrected chi connectivity index (χ4v) is 3.69. The molecule has 0 spiro atoms. The van der Waals surface area contributed by atoms with E-state index in [-0.39, 0.29) is 12.1 Å². The molecule has 0 aliphatic carbocycles. The van der Waals surface area contributed by atoms with Crippen LogP contribution in [0.2, 0.25) is 0 Å². The first-order valence-electron chi connectivity index (χ1n) is 10.2. The summed E-state index contributed by atoms with van der Waals surface area (Å²) in [6.45, 7) is 9.10. The van der Waals surface area contributed by atoms with Gasteiger partial charge in [-0.2, -0.15) is 0 Å². The lowest BCUT2D eigenvalue weighted by Gasteiger charge is -2.28. The van der Waals surface area contributed by atoms with Crippen molar-refractivity contribution in [1.82, 2.24) is 9.88 Å². The third-order valence-electron chi connectivity index (χ3n) is 4.97. The Hall–Kier alpha value is -2.86. The number of hydrogen-bond donors (Lipinski definition) is 1. The molecule has 0 radical (unpaired) electrons. The monoisotopic (exact) mass is 423 g/mol. The average molecular weight is 424 g/mol. The summed E-state index contributed by atoms with van der Waals surface area (Å²) in [5.74, 6) is 0.838. The van der Waals surface area contributed by atoms with Gasteiger partial charge in [-0.25, -0.2) is 9.78 Å². The number of benzene rings is 2. The van der Waals surface area contributed by atoms with Crippen molar-refractivity contribution in [2.45, 2.75) is 53.3 Å². The van der Waals surface area contributed by atoms with Gasteiger partial charge in [0.25, 0.3) is 0 Å². The fourth-order valence-electron chi connectivity index (χ4n) is 2.99. The van der Waals surface area contributed by atoms with E-state index >= 15 is 0 Å². The highest BCUT2D eigenvalue weighted by Crippen LogP contribution is 2.19. The number of thiazole rings is 1. The van der Waals surface area contributed by atoms with Gasteiger partial charge in [0.2, 0.25) is 0 Å². The largest absolute Gasteiger partial charge is 0.486 e. The van der Waals surface area contributed by atoms with Crippen molar-refractivity contribution in [2.24, 2.45) is 0 Å². The van der Waals surface area contributed by atoms with Crippen LogP contribution in [0.15, 0.2) is 53.9 Å². The topological polar surface area (TPSA) is 54.5 Å². The van der Waals surface area contributed by atoms with Crippen molar-refractivity contribution >= 4 is 23.1 Å². The number of nitrogens with one attached hydrogen (secondary N) is 1. The van der Waals surface area contributed by atoms with Gasteiger partial charge in [0.05, 0.1) is 12.2 Å². The molecule has 158 valence electrons. The van der Waals surface area contributed by atoms with Crippen molar-refractivity contribution < 1.29 is 9.53 Å². The molecule has 0 bridgehead atoms. The number of urea groups is 1. The Labute approximate surface area is 182 Å². The number of hydrogen-bond acceptors (Lipinski definition) is 4. The molecule has 2 amide bonds. The Morgan fingerprint density at radius 1 is 1.17 bits per heavy atom. The van der Waals surface area contributed by atoms with Gasteiger partial charge in [-0.1, -0.05) is 36.8 Å². The standard InChI is InChI=1S/C24H29N3O2S/c1-5-19(4)27(24(28)26-20-11-9-17(2)10-12-20)14-21-16-30-23(25-21)15-29-22-8-6-7-18(3)13-22/h6-13,16,19H,5,14-15H2,1-4H3,(H,26,28). The summed E-state index contributed by atoms with van der Waals surface area (Å²) in [6.07, 6.45) is 0.870. The minimum absolute atomic E-state index is 0.101. The number of carbonyl (C=O) groups is 1. The second-order valence-corrected chi connectivity index (χ2v) is 8.46. The Morgan fingerprint density at radius 2 is 1.93 bits per heavy atom. The number of amides is 2. The van der Waals surface area contributed by atoms with Gasteiger partial charge in [0, 0.05) is 17.1 Å². The van der Waals surface area contributed by atoms with Crippen LogP contribution in [0.25, 0.3) is 0 Å². The van der Waals surface area contributed by atoms with Crippen LogP contribution in [0.3, 0.4) is 0 Å². The van der Waals surface area contributed by atoms with E-state index in [9.17, 15) is 4.79 Å². The van der Waals surface area contributed by atoms with Crippen molar-refractivity contribution in [1.29, 1.82) is 0 Å². The maximum absolute atomic E-state index is 12.9. The summed E-state index contributed by atoms with van der Waals surface area (Å²) >= 11 is 1.56. The highest BCUT2D eigenvalue weighted by molar-refractivity contribution is 7.09. The summed E-state index contributed by atoms with van der Waals surface area (Å²) < 4.78 is 5.85. The molecule has 1 N–H and O–H groups in total. The quantitative estimate of drug-likeness (QED) is 0.471. The van der Waals surface area contributed by atoms with Crippen LogP contribution in [0, 0.1) is 13.8 Å². The SMILES string of the molecule is CCC(C)N(Cc1csc(COc2cccc(C)c2)n1)C(=O)Nc1ccc(C)cc1. The molecule has 1 aromatic heterocycles. The Kier molecular flexibility index (Phi) is 7.46. The lowest BCUT2D eigenvalue weighted by molar-refractivity contribution is 0.186. The van der Waals surface area contributed by atoms with Crippen LogP contribution < -0.4 is 10.1 Å². The molecule has 2 aromatic carbocycles. The fraction of sp³-hybridized carbons (Fsp3) is 0.333. The number of carbonyl (C=O) groups excluding carboxylic acids is 1. The molecule has 0 aliphatic heterocycles. The first kappa shape index (κ1) is 21.8. The van der Waals surface area contributed by atoms with Gasteiger partial charge in [-0.05, 0) is 57.0 Å². The molecule has 0 saturated heterocycles. The number of ether oxygens (including phenoxy) is 1. The molecule has 0 saturated carbocycles. The number of anilines is 1. The number of nitrogens with zero attached hydrogens (tertiary/aromatic N) is 2. The minimum Gasteiger partial charge on any atom is -0.486 e. The second kappa shape index (κ2) is 10.3. The molecule has 3 rings (SSSR count). The van der Waals surface area contributed by atoms with E-state index in [1.165, 1.54) is 0 Å². The van der Waals surface area contributed by atoms with E-state index in [0.29, 0.717) is 13.2 Å². The van der Waals surface area contributed by atoms with E-state index in [1.807, 2.05) is 72.7 Å². The zero-order valence-corrected chi connectivity index (χ0v) is 18.8. The predicted octanol–water partition coefficient (Wildman–Crippen LogP) is 6.17. The Balaban J connectivity index is 1.63. The molecule has 1 heterocycles. The highest BCUT2D eigenvalue weighted by Gasteiger charge is 2.20. The van der Waals surface area contributed by atoms with Crippen LogP contribution in [0.1, 0.15) is 42.1 Å². The van der Waals surface area contributed by atoms with Crippen molar-refractivity contribution in [3.05, 3.63) is 75.7 Å². The molecule has 0 aliphatic rings. The first-order valence-corrected chi connectivity index (χ1v) is 11.1. The van der Waals surface area contributed by atoms with Crippen LogP contribution in [0.5, 0.6) is 5.75 Å². The van der Waals surface area contributed by atoms with Crippen LogP contribution in [-0.4, -0.2) is 22.0 Å². The molecule has 30 heavy (non-hydrogen) atoms. The van der Waals surface area contributed by atoms with E-state index < -0.39 is 0 Å². The number of rotatable bonds is 8. The van der Waals surface area contributed by atoms with Gasteiger partial charge < -0.3 is 15.0 Å². The van der Waals surface area contributed by atoms with E-state index in [1.54, 1.807) is 11.3 Å². The Morgan fingerprint density at radius 3 is 2.63 bits per heavy atom. The third kappa shape index (κ3) is 6.07. The normalized spacial score (nSPS) is 11.7. The summed E-state index contributed by atoms with van der Waals surface area (Å²) in [4.78, 5) is 19.4. The van der Waals surface area contributed by atoms with Crippen LogP contribution >= 0.6 is 11.3 Å². The molecule has 0 fully saturated rings. The zero-order chi connectivity index (χ0) is 21.5. The summed E-state index contributed by atoms with van der Waals surface area (Å²) in [6, 6.07) is 15.8. The second-order valence-electron chi connectivity index (χ2n) is 7.52. The number of aromatic nitrogens is 1. The summed E-state index contributed by atoms with van der Waals surface area (Å²) in [7, 11) is 0. The van der Waals surface area contributed by atoms with E-state index in [2.05, 4.69) is 24.1 Å². The van der Waals surface area contributed by atoms with Gasteiger partial charge in [0.15, 0.2) is 0 Å². The van der Waals surface area contributed by atoms with Crippen molar-refractivity contribution in [3.8, 4) is 5.75 Å². The predicted molar refractivity (Wildman–Crippen MR) is 123 cm³/mol. The average Bonchev–Trinajstić information content (AvgIpc) is 3.19. The molecule has 5 nitrogen and oxygen atoms in total. The van der Waals surface area contributed by atoms with Gasteiger partial charge >= 0.3 is 6.03 Å². The molecule has 1 unspecified atom stereocenters. The smallest absolute Gasteiger partial charge is 0.322 e. The highest BCUT2D eigenvalue weighted by atomic mass is 32.1. The van der Waals surface area contributed by atoms with Crippen LogP contribution in [-0.2, 0) is 13.2 Å². The van der Waals surface area contributed by atoms with Crippen molar-refractivity contribution in [3.63, 3.8) is 0 Å². The Bertz CT molecular complexity index is 969. The van der Waals surface area contributed by atoms with E-state index in [0.717, 1.165) is 39.7 Å². The summed E-state index contributed by atoms with van der Waals surface area (Å²) in [5.41, 5.74) is 4.00. The molecule has 6 heteroatoms.